The van der Waals surface area contributed by atoms with Crippen LogP contribution in [-0.4, -0.2) is 26.5 Å². The number of halogens is 1. The van der Waals surface area contributed by atoms with Crippen molar-refractivity contribution in [3.63, 3.8) is 0 Å². The summed E-state index contributed by atoms with van der Waals surface area (Å²) in [6.07, 6.45) is 1.47. The quantitative estimate of drug-likeness (QED) is 0.798. The van der Waals surface area contributed by atoms with E-state index in [1.165, 1.54) is 0 Å². The summed E-state index contributed by atoms with van der Waals surface area (Å²) in [4.78, 5) is 0. The first-order valence-corrected chi connectivity index (χ1v) is 9.30. The predicted octanol–water partition coefficient (Wildman–Crippen LogP) is 3.51. The van der Waals surface area contributed by atoms with Crippen LogP contribution in [0.5, 0.6) is 0 Å². The van der Waals surface area contributed by atoms with Crippen molar-refractivity contribution in [2.24, 2.45) is 0 Å². The molecule has 0 radical (unpaired) electrons. The molecule has 1 N–H and O–H groups in total. The van der Waals surface area contributed by atoms with E-state index < -0.39 is 9.84 Å². The van der Waals surface area contributed by atoms with Gasteiger partial charge in [0.2, 0.25) is 0 Å². The normalized spacial score (nSPS) is 13.4. The van der Waals surface area contributed by atoms with Crippen molar-refractivity contribution in [1.29, 1.82) is 0 Å². The third kappa shape index (κ3) is 5.08. The molecule has 0 aromatic heterocycles. The minimum atomic E-state index is -2.88. The molecule has 0 saturated carbocycles. The van der Waals surface area contributed by atoms with Crippen LogP contribution in [0.25, 0.3) is 0 Å². The third-order valence-corrected chi connectivity index (χ3v) is 5.72. The SMILES string of the molecule is CCNC(CCCS(=O)(=O)CC)c1cccc(Cl)c1C. The maximum Gasteiger partial charge on any atom is 0.150 e. The first-order valence-electron chi connectivity index (χ1n) is 7.10. The van der Waals surface area contributed by atoms with Crippen molar-refractivity contribution in [3.8, 4) is 0 Å². The highest BCUT2D eigenvalue weighted by molar-refractivity contribution is 7.91. The second kappa shape index (κ2) is 8.01. The summed E-state index contributed by atoms with van der Waals surface area (Å²) in [5, 5.41) is 4.17. The number of benzene rings is 1. The largest absolute Gasteiger partial charge is 0.310 e. The van der Waals surface area contributed by atoms with Crippen LogP contribution < -0.4 is 5.32 Å². The molecular formula is C15H24ClNO2S. The first kappa shape index (κ1) is 17.5. The molecule has 20 heavy (non-hydrogen) atoms. The van der Waals surface area contributed by atoms with Gasteiger partial charge < -0.3 is 5.32 Å². The Kier molecular flexibility index (Phi) is 7.00. The Labute approximate surface area is 127 Å². The summed E-state index contributed by atoms with van der Waals surface area (Å²) < 4.78 is 23.1. The highest BCUT2D eigenvalue weighted by atomic mass is 35.5. The van der Waals surface area contributed by atoms with E-state index in [0.717, 1.165) is 29.1 Å². The van der Waals surface area contributed by atoms with Crippen LogP contribution in [0.1, 0.15) is 43.9 Å². The zero-order chi connectivity index (χ0) is 15.2. The zero-order valence-electron chi connectivity index (χ0n) is 12.4. The molecule has 0 heterocycles. The summed E-state index contributed by atoms with van der Waals surface area (Å²) in [5.41, 5.74) is 2.23. The Morgan fingerprint density at radius 3 is 2.60 bits per heavy atom. The van der Waals surface area contributed by atoms with Gasteiger partial charge in [0.05, 0.1) is 5.75 Å². The van der Waals surface area contributed by atoms with Crippen LogP contribution in [0, 0.1) is 6.92 Å². The maximum atomic E-state index is 11.6. The standard InChI is InChI=1S/C15H24ClNO2S/c1-4-17-15(10-7-11-20(18,19)5-2)13-8-6-9-14(16)12(13)3/h6,8-9,15,17H,4-5,7,10-11H2,1-3H3. The van der Waals surface area contributed by atoms with Gasteiger partial charge in [0, 0.05) is 16.8 Å². The lowest BCUT2D eigenvalue weighted by molar-refractivity contribution is 0.505. The van der Waals surface area contributed by atoms with Crippen LogP contribution in [0.15, 0.2) is 18.2 Å². The van der Waals surface area contributed by atoms with E-state index in [1.54, 1.807) is 6.92 Å². The Morgan fingerprint density at radius 1 is 1.30 bits per heavy atom. The second-order valence-corrected chi connectivity index (χ2v) is 7.82. The fraction of sp³-hybridized carbons (Fsp3) is 0.600. The smallest absolute Gasteiger partial charge is 0.150 e. The van der Waals surface area contributed by atoms with Crippen LogP contribution >= 0.6 is 11.6 Å². The van der Waals surface area contributed by atoms with Crippen LogP contribution in [0.3, 0.4) is 0 Å². The van der Waals surface area contributed by atoms with Crippen molar-refractivity contribution in [2.75, 3.05) is 18.1 Å². The molecule has 5 heteroatoms. The van der Waals surface area contributed by atoms with Crippen LogP contribution in [0.2, 0.25) is 5.02 Å². The summed E-state index contributed by atoms with van der Waals surface area (Å²) in [7, 11) is -2.88. The lowest BCUT2D eigenvalue weighted by Crippen LogP contribution is -2.22. The summed E-state index contributed by atoms with van der Waals surface area (Å²) >= 11 is 6.16. The third-order valence-electron chi connectivity index (χ3n) is 3.52. The van der Waals surface area contributed by atoms with Gasteiger partial charge in [0.1, 0.15) is 9.84 Å². The zero-order valence-corrected chi connectivity index (χ0v) is 14.0. The topological polar surface area (TPSA) is 46.2 Å². The van der Waals surface area contributed by atoms with Crippen molar-refractivity contribution in [3.05, 3.63) is 34.3 Å². The minimum absolute atomic E-state index is 0.158. The van der Waals surface area contributed by atoms with Crippen LogP contribution in [-0.2, 0) is 9.84 Å². The van der Waals surface area contributed by atoms with Gasteiger partial charge in [-0.3, -0.25) is 0 Å². The van der Waals surface area contributed by atoms with Gasteiger partial charge in [-0.2, -0.15) is 0 Å². The molecule has 0 amide bonds. The molecule has 0 aliphatic carbocycles. The molecule has 1 atom stereocenters. The number of hydrogen-bond donors (Lipinski definition) is 1. The molecule has 0 fully saturated rings. The number of nitrogens with one attached hydrogen (secondary N) is 1. The van der Waals surface area contributed by atoms with Gasteiger partial charge in [0.15, 0.2) is 0 Å². The second-order valence-electron chi connectivity index (χ2n) is 4.94. The van der Waals surface area contributed by atoms with Gasteiger partial charge in [-0.1, -0.05) is 37.6 Å². The molecule has 0 bridgehead atoms. The van der Waals surface area contributed by atoms with Crippen molar-refractivity contribution >= 4 is 21.4 Å². The van der Waals surface area contributed by atoms with E-state index in [0.29, 0.717) is 6.42 Å². The molecule has 1 aromatic carbocycles. The Balaban J connectivity index is 2.77. The fourth-order valence-electron chi connectivity index (χ4n) is 2.27. The van der Waals surface area contributed by atoms with Crippen molar-refractivity contribution in [1.82, 2.24) is 5.32 Å². The summed E-state index contributed by atoms with van der Waals surface area (Å²) in [6.45, 7) is 6.59. The summed E-state index contributed by atoms with van der Waals surface area (Å²) in [5.74, 6) is 0.472. The van der Waals surface area contributed by atoms with Gasteiger partial charge in [-0.05, 0) is 43.5 Å². The minimum Gasteiger partial charge on any atom is -0.310 e. The molecule has 0 aliphatic heterocycles. The highest BCUT2D eigenvalue weighted by Crippen LogP contribution is 2.27. The van der Waals surface area contributed by atoms with E-state index >= 15 is 0 Å². The highest BCUT2D eigenvalue weighted by Gasteiger charge is 2.15. The lowest BCUT2D eigenvalue weighted by Gasteiger charge is -2.21. The van der Waals surface area contributed by atoms with Crippen molar-refractivity contribution in [2.45, 2.75) is 39.7 Å². The average Bonchev–Trinajstić information content (AvgIpc) is 2.41. The van der Waals surface area contributed by atoms with E-state index in [-0.39, 0.29) is 17.5 Å². The van der Waals surface area contributed by atoms with Crippen LogP contribution in [0.4, 0.5) is 0 Å². The molecule has 0 saturated heterocycles. The Bertz CT molecular complexity index is 529. The molecule has 1 rings (SSSR count). The molecule has 1 aromatic rings. The van der Waals surface area contributed by atoms with Gasteiger partial charge >= 0.3 is 0 Å². The monoisotopic (exact) mass is 317 g/mol. The van der Waals surface area contributed by atoms with Gasteiger partial charge in [-0.15, -0.1) is 0 Å². The Morgan fingerprint density at radius 2 is 2.00 bits per heavy atom. The van der Waals surface area contributed by atoms with E-state index in [1.807, 2.05) is 19.1 Å². The molecule has 1 unspecified atom stereocenters. The lowest BCUT2D eigenvalue weighted by atomic mass is 9.97. The van der Waals surface area contributed by atoms with Gasteiger partial charge in [0.25, 0.3) is 0 Å². The average molecular weight is 318 g/mol. The van der Waals surface area contributed by atoms with Gasteiger partial charge in [-0.25, -0.2) is 8.42 Å². The van der Waals surface area contributed by atoms with E-state index in [4.69, 9.17) is 11.6 Å². The maximum absolute atomic E-state index is 11.6. The van der Waals surface area contributed by atoms with E-state index in [2.05, 4.69) is 18.3 Å². The predicted molar refractivity (Wildman–Crippen MR) is 86.2 cm³/mol. The number of sulfone groups is 1. The van der Waals surface area contributed by atoms with E-state index in [9.17, 15) is 8.42 Å². The molecule has 3 nitrogen and oxygen atoms in total. The Hall–Kier alpha value is -0.580. The molecule has 114 valence electrons. The van der Waals surface area contributed by atoms with Crippen molar-refractivity contribution < 1.29 is 8.42 Å². The fourth-order valence-corrected chi connectivity index (χ4v) is 3.34. The summed E-state index contributed by atoms with van der Waals surface area (Å²) in [6, 6.07) is 6.04. The molecular weight excluding hydrogens is 294 g/mol. The number of hydrogen-bond acceptors (Lipinski definition) is 3. The first-order chi connectivity index (χ1) is 9.41. The molecule has 0 spiro atoms. The molecule has 0 aliphatic rings. The number of rotatable bonds is 8.